The number of amides is 1. The second-order valence-corrected chi connectivity index (χ2v) is 7.74. The van der Waals surface area contributed by atoms with E-state index in [9.17, 15) is 4.79 Å². The number of nitrogens with zero attached hydrogens (tertiary/aromatic N) is 4. The molecule has 158 valence electrons. The van der Waals surface area contributed by atoms with E-state index in [1.807, 2.05) is 37.3 Å². The van der Waals surface area contributed by atoms with Crippen molar-refractivity contribution in [3.63, 3.8) is 0 Å². The van der Waals surface area contributed by atoms with Crippen LogP contribution in [0.25, 0.3) is 0 Å². The maximum Gasteiger partial charge on any atom is 0.276 e. The minimum atomic E-state index is -0.335. The van der Waals surface area contributed by atoms with Gasteiger partial charge < -0.3 is 10.1 Å². The van der Waals surface area contributed by atoms with Gasteiger partial charge in [0.2, 0.25) is 0 Å². The van der Waals surface area contributed by atoms with Gasteiger partial charge in [-0.25, -0.2) is 4.68 Å². The number of benzene rings is 2. The molecule has 0 spiro atoms. The smallest absolute Gasteiger partial charge is 0.276 e. The van der Waals surface area contributed by atoms with Gasteiger partial charge in [0.05, 0.1) is 18.4 Å². The van der Waals surface area contributed by atoms with Crippen LogP contribution in [0.4, 0.5) is 5.69 Å². The van der Waals surface area contributed by atoms with Gasteiger partial charge in [-0.2, -0.15) is 10.2 Å². The van der Waals surface area contributed by atoms with Gasteiger partial charge in [-0.1, -0.05) is 41.4 Å². The summed E-state index contributed by atoms with van der Waals surface area (Å²) >= 11 is 12.1. The first-order chi connectivity index (χ1) is 15.0. The Morgan fingerprint density at radius 3 is 2.77 bits per heavy atom. The topological polar surface area (TPSA) is 74.0 Å². The molecule has 31 heavy (non-hydrogen) atoms. The average Bonchev–Trinajstić information content (AvgIpc) is 3.39. The Labute approximate surface area is 189 Å². The Bertz CT molecular complexity index is 1220. The number of aryl methyl sites for hydroxylation is 1. The molecule has 0 fully saturated rings. The van der Waals surface area contributed by atoms with E-state index in [-0.39, 0.29) is 18.3 Å². The number of hydrogen-bond donors (Lipinski definition) is 1. The highest BCUT2D eigenvalue weighted by atomic mass is 35.5. The molecule has 0 aliphatic carbocycles. The van der Waals surface area contributed by atoms with Crippen molar-refractivity contribution >= 4 is 34.8 Å². The zero-order chi connectivity index (χ0) is 21.8. The lowest BCUT2D eigenvalue weighted by Crippen LogP contribution is -2.14. The lowest BCUT2D eigenvalue weighted by Gasteiger charge is -2.09. The molecule has 0 aliphatic rings. The molecule has 1 amide bonds. The third-order valence-corrected chi connectivity index (χ3v) is 5.15. The van der Waals surface area contributed by atoms with Crippen LogP contribution in [0.2, 0.25) is 10.0 Å². The van der Waals surface area contributed by atoms with Crippen LogP contribution in [-0.4, -0.2) is 25.5 Å². The third-order valence-electron chi connectivity index (χ3n) is 4.54. The fourth-order valence-electron chi connectivity index (χ4n) is 2.98. The van der Waals surface area contributed by atoms with Crippen molar-refractivity contribution in [3.8, 4) is 5.75 Å². The molecule has 4 rings (SSSR count). The van der Waals surface area contributed by atoms with Crippen molar-refractivity contribution in [1.82, 2.24) is 19.6 Å². The van der Waals surface area contributed by atoms with Crippen LogP contribution in [0.15, 0.2) is 67.1 Å². The summed E-state index contributed by atoms with van der Waals surface area (Å²) in [6.45, 7) is 2.59. The third kappa shape index (κ3) is 5.25. The van der Waals surface area contributed by atoms with Crippen molar-refractivity contribution in [2.24, 2.45) is 0 Å². The van der Waals surface area contributed by atoms with Gasteiger partial charge in [0.1, 0.15) is 5.75 Å². The summed E-state index contributed by atoms with van der Waals surface area (Å²) in [5.74, 6) is 0.371. The van der Waals surface area contributed by atoms with Crippen LogP contribution in [-0.2, 0) is 13.3 Å². The van der Waals surface area contributed by atoms with Gasteiger partial charge in [-0.05, 0) is 48.4 Å². The highest BCUT2D eigenvalue weighted by molar-refractivity contribution is 6.31. The summed E-state index contributed by atoms with van der Waals surface area (Å²) in [4.78, 5) is 12.5. The Balaban J connectivity index is 1.35. The van der Waals surface area contributed by atoms with E-state index >= 15 is 0 Å². The van der Waals surface area contributed by atoms with E-state index in [0.29, 0.717) is 28.0 Å². The Hall–Kier alpha value is -3.29. The van der Waals surface area contributed by atoms with Gasteiger partial charge in [0, 0.05) is 22.4 Å². The fourth-order valence-corrected chi connectivity index (χ4v) is 3.40. The zero-order valence-corrected chi connectivity index (χ0v) is 18.1. The standard InChI is InChI=1S/C22H19Cl2N5O2/c1-15-10-17(23)6-7-21(15)31-14-28-9-8-20(27-28)22(30)26-18-11-25-29(13-18)12-16-4-2-3-5-19(16)24/h2-11,13H,12,14H2,1H3,(H,26,30). The quantitative estimate of drug-likeness (QED) is 0.423. The summed E-state index contributed by atoms with van der Waals surface area (Å²) < 4.78 is 9.00. The van der Waals surface area contributed by atoms with Crippen molar-refractivity contribution in [3.05, 3.63) is 94.0 Å². The predicted octanol–water partition coefficient (Wildman–Crippen LogP) is 5.03. The number of halogens is 2. The van der Waals surface area contributed by atoms with Crippen LogP contribution in [0.1, 0.15) is 21.6 Å². The van der Waals surface area contributed by atoms with Gasteiger partial charge in [0.25, 0.3) is 5.91 Å². The first kappa shape index (κ1) is 21.0. The fraction of sp³-hybridized carbons (Fsp3) is 0.136. The van der Waals surface area contributed by atoms with Crippen molar-refractivity contribution < 1.29 is 9.53 Å². The summed E-state index contributed by atoms with van der Waals surface area (Å²) in [7, 11) is 0. The van der Waals surface area contributed by atoms with Gasteiger partial charge in [-0.15, -0.1) is 0 Å². The summed E-state index contributed by atoms with van der Waals surface area (Å²) in [6.07, 6.45) is 5.00. The molecule has 0 bridgehead atoms. The molecular weight excluding hydrogens is 437 g/mol. The molecule has 0 atom stereocenters. The van der Waals surface area contributed by atoms with Crippen LogP contribution in [0.3, 0.4) is 0 Å². The Morgan fingerprint density at radius 2 is 1.97 bits per heavy atom. The van der Waals surface area contributed by atoms with Crippen molar-refractivity contribution in [2.45, 2.75) is 20.2 Å². The van der Waals surface area contributed by atoms with E-state index in [1.165, 1.54) is 0 Å². The predicted molar refractivity (Wildman–Crippen MR) is 120 cm³/mol. The summed E-state index contributed by atoms with van der Waals surface area (Å²) in [5.41, 5.74) is 2.71. The molecule has 1 N–H and O–H groups in total. The highest BCUT2D eigenvalue weighted by Crippen LogP contribution is 2.22. The van der Waals surface area contributed by atoms with Crippen molar-refractivity contribution in [1.29, 1.82) is 0 Å². The zero-order valence-electron chi connectivity index (χ0n) is 16.6. The van der Waals surface area contributed by atoms with Crippen LogP contribution < -0.4 is 10.1 Å². The molecule has 9 heteroatoms. The molecule has 2 aromatic carbocycles. The largest absolute Gasteiger partial charge is 0.471 e. The van der Waals surface area contributed by atoms with Crippen molar-refractivity contribution in [2.75, 3.05) is 5.32 Å². The molecule has 0 saturated carbocycles. The molecule has 2 aromatic heterocycles. The molecule has 4 aromatic rings. The van der Waals surface area contributed by atoms with Crippen LogP contribution >= 0.6 is 23.2 Å². The average molecular weight is 456 g/mol. The normalized spacial score (nSPS) is 10.8. The van der Waals surface area contributed by atoms with Gasteiger partial charge >= 0.3 is 0 Å². The maximum absolute atomic E-state index is 12.5. The van der Waals surface area contributed by atoms with Crippen LogP contribution in [0.5, 0.6) is 5.75 Å². The second-order valence-electron chi connectivity index (χ2n) is 6.90. The van der Waals surface area contributed by atoms with Crippen LogP contribution in [0, 0.1) is 6.92 Å². The molecule has 7 nitrogen and oxygen atoms in total. The number of carbonyl (C=O) groups is 1. The summed E-state index contributed by atoms with van der Waals surface area (Å²) in [5, 5.41) is 12.7. The molecule has 0 unspecified atom stereocenters. The lowest BCUT2D eigenvalue weighted by atomic mass is 10.2. The SMILES string of the molecule is Cc1cc(Cl)ccc1OCn1ccc(C(=O)Nc2cnn(Cc3ccccc3Cl)c2)n1. The number of nitrogens with one attached hydrogen (secondary N) is 1. The van der Waals surface area contributed by atoms with E-state index < -0.39 is 0 Å². The number of hydrogen-bond acceptors (Lipinski definition) is 4. The Morgan fingerprint density at radius 1 is 1.13 bits per heavy atom. The van der Waals surface area contributed by atoms with Gasteiger partial charge in [0.15, 0.2) is 12.4 Å². The first-order valence-electron chi connectivity index (χ1n) is 9.47. The monoisotopic (exact) mass is 455 g/mol. The lowest BCUT2D eigenvalue weighted by molar-refractivity contribution is 0.102. The molecular formula is C22H19Cl2N5O2. The molecule has 0 radical (unpaired) electrons. The number of carbonyl (C=O) groups excluding carboxylic acids is 1. The van der Waals surface area contributed by atoms with E-state index in [2.05, 4.69) is 15.5 Å². The molecule has 0 aliphatic heterocycles. The maximum atomic E-state index is 12.5. The number of rotatable bonds is 7. The van der Waals surface area contributed by atoms with Gasteiger partial charge in [-0.3, -0.25) is 9.48 Å². The Kier molecular flexibility index (Phi) is 6.25. The first-order valence-corrected chi connectivity index (χ1v) is 10.2. The van der Waals surface area contributed by atoms with E-state index in [0.717, 1.165) is 11.1 Å². The molecule has 2 heterocycles. The van der Waals surface area contributed by atoms with E-state index in [1.54, 1.807) is 46.2 Å². The summed E-state index contributed by atoms with van der Waals surface area (Å²) in [6, 6.07) is 14.6. The van der Waals surface area contributed by atoms with E-state index in [4.69, 9.17) is 27.9 Å². The minimum absolute atomic E-state index is 0.172. The number of anilines is 1. The number of ether oxygens (including phenoxy) is 1. The minimum Gasteiger partial charge on any atom is -0.471 e. The second kappa shape index (κ2) is 9.24. The molecule has 0 saturated heterocycles. The number of aromatic nitrogens is 4. The highest BCUT2D eigenvalue weighted by Gasteiger charge is 2.12.